The van der Waals surface area contributed by atoms with E-state index >= 15 is 0 Å². The summed E-state index contributed by atoms with van der Waals surface area (Å²) in [6.07, 6.45) is 2.66. The molecule has 0 aromatic heterocycles. The molecule has 0 N–H and O–H groups in total. The second-order valence-electron chi connectivity index (χ2n) is 5.37. The van der Waals surface area contributed by atoms with Crippen LogP contribution in [0.1, 0.15) is 40.5 Å². The lowest BCUT2D eigenvalue weighted by atomic mass is 10.1. The Balaban J connectivity index is 2.23. The molecule has 1 saturated heterocycles. The van der Waals surface area contributed by atoms with Gasteiger partial charge in [0.15, 0.2) is 0 Å². The van der Waals surface area contributed by atoms with Gasteiger partial charge in [-0.2, -0.15) is 0 Å². The van der Waals surface area contributed by atoms with Gasteiger partial charge in [-0.25, -0.2) is 0 Å². The van der Waals surface area contributed by atoms with Gasteiger partial charge >= 0.3 is 0 Å². The van der Waals surface area contributed by atoms with E-state index < -0.39 is 0 Å². The Labute approximate surface area is 95.6 Å². The van der Waals surface area contributed by atoms with Gasteiger partial charge in [-0.15, -0.1) is 0 Å². The third kappa shape index (κ3) is 4.52. The molecule has 1 heterocycles. The van der Waals surface area contributed by atoms with Crippen molar-refractivity contribution in [3.63, 3.8) is 0 Å². The van der Waals surface area contributed by atoms with Crippen molar-refractivity contribution in [3.8, 4) is 0 Å². The van der Waals surface area contributed by atoms with E-state index in [2.05, 4.69) is 37.5 Å². The summed E-state index contributed by atoms with van der Waals surface area (Å²) in [5, 5.41) is 0. The van der Waals surface area contributed by atoms with Crippen molar-refractivity contribution in [1.29, 1.82) is 0 Å². The Kier molecular flexibility index (Phi) is 5.62. The van der Waals surface area contributed by atoms with E-state index in [1.165, 1.54) is 45.6 Å². The van der Waals surface area contributed by atoms with Crippen LogP contribution in [0.2, 0.25) is 0 Å². The van der Waals surface area contributed by atoms with Crippen molar-refractivity contribution in [1.82, 2.24) is 9.80 Å². The summed E-state index contributed by atoms with van der Waals surface area (Å²) in [5.41, 5.74) is 0. The van der Waals surface area contributed by atoms with Crippen LogP contribution in [0.15, 0.2) is 0 Å². The fourth-order valence-electron chi connectivity index (χ4n) is 2.50. The van der Waals surface area contributed by atoms with E-state index in [9.17, 15) is 0 Å². The van der Waals surface area contributed by atoms with Crippen molar-refractivity contribution < 1.29 is 0 Å². The molecule has 1 rings (SSSR count). The first kappa shape index (κ1) is 13.0. The maximum Gasteiger partial charge on any atom is 0.0113 e. The number of hydrogen-bond donors (Lipinski definition) is 0. The number of nitrogens with zero attached hydrogens (tertiary/aromatic N) is 2. The lowest BCUT2D eigenvalue weighted by molar-refractivity contribution is 0.0914. The Bertz CT molecular complexity index is 160. The van der Waals surface area contributed by atoms with Gasteiger partial charge in [0.1, 0.15) is 0 Å². The summed E-state index contributed by atoms with van der Waals surface area (Å²) in [6.45, 7) is 15.6. The minimum Gasteiger partial charge on any atom is -0.301 e. The summed E-state index contributed by atoms with van der Waals surface area (Å²) in [6, 6.07) is 0.788. The van der Waals surface area contributed by atoms with Crippen molar-refractivity contribution in [2.45, 2.75) is 46.6 Å². The predicted molar refractivity (Wildman–Crippen MR) is 67.2 cm³/mol. The first-order chi connectivity index (χ1) is 7.13. The van der Waals surface area contributed by atoms with E-state index in [-0.39, 0.29) is 0 Å². The Morgan fingerprint density at radius 2 is 1.60 bits per heavy atom. The summed E-state index contributed by atoms with van der Waals surface area (Å²) in [7, 11) is 0. The van der Waals surface area contributed by atoms with Crippen molar-refractivity contribution in [3.05, 3.63) is 0 Å². The molecule has 0 aromatic carbocycles. The van der Waals surface area contributed by atoms with Crippen LogP contribution in [0.4, 0.5) is 0 Å². The highest BCUT2D eigenvalue weighted by atomic mass is 15.3. The lowest BCUT2D eigenvalue weighted by Gasteiger charge is -2.38. The van der Waals surface area contributed by atoms with Gasteiger partial charge in [-0.05, 0) is 19.3 Å². The molecule has 0 spiro atoms. The van der Waals surface area contributed by atoms with Crippen LogP contribution < -0.4 is 0 Å². The third-order valence-corrected chi connectivity index (χ3v) is 3.36. The fourth-order valence-corrected chi connectivity index (χ4v) is 2.50. The zero-order chi connectivity index (χ0) is 11.3. The van der Waals surface area contributed by atoms with Gasteiger partial charge in [-0.3, -0.25) is 4.90 Å². The van der Waals surface area contributed by atoms with Gasteiger partial charge in [0, 0.05) is 38.8 Å². The zero-order valence-electron chi connectivity index (χ0n) is 11.0. The zero-order valence-corrected chi connectivity index (χ0v) is 11.0. The average molecular weight is 212 g/mol. The highest BCUT2D eigenvalue weighted by Gasteiger charge is 2.20. The Morgan fingerprint density at radius 3 is 2.07 bits per heavy atom. The largest absolute Gasteiger partial charge is 0.301 e. The summed E-state index contributed by atoms with van der Waals surface area (Å²) in [4.78, 5) is 5.26. The molecular formula is C13H28N2. The third-order valence-electron chi connectivity index (χ3n) is 3.36. The number of rotatable bonds is 5. The molecule has 1 fully saturated rings. The first-order valence-corrected chi connectivity index (χ1v) is 6.59. The minimum atomic E-state index is 0.788. The van der Waals surface area contributed by atoms with Crippen molar-refractivity contribution >= 4 is 0 Å². The smallest absolute Gasteiger partial charge is 0.0113 e. The summed E-state index contributed by atoms with van der Waals surface area (Å²) >= 11 is 0. The highest BCUT2D eigenvalue weighted by molar-refractivity contribution is 4.76. The van der Waals surface area contributed by atoms with Crippen LogP contribution in [-0.4, -0.2) is 48.6 Å². The molecule has 0 saturated carbocycles. The lowest BCUT2D eigenvalue weighted by Crippen LogP contribution is -2.50. The monoisotopic (exact) mass is 212 g/mol. The van der Waals surface area contributed by atoms with E-state index in [0.29, 0.717) is 0 Å². The van der Waals surface area contributed by atoms with E-state index in [0.717, 1.165) is 12.0 Å². The van der Waals surface area contributed by atoms with Crippen LogP contribution in [-0.2, 0) is 0 Å². The SMILES string of the molecule is CCCC(C)N1CCN(CC(C)C)CC1. The number of piperazine rings is 1. The van der Waals surface area contributed by atoms with Gasteiger partial charge in [0.25, 0.3) is 0 Å². The second-order valence-corrected chi connectivity index (χ2v) is 5.37. The molecule has 1 atom stereocenters. The quantitative estimate of drug-likeness (QED) is 0.691. The van der Waals surface area contributed by atoms with Gasteiger partial charge in [0.2, 0.25) is 0 Å². The molecule has 1 aliphatic rings. The normalized spacial score (nSPS) is 22.2. The maximum atomic E-state index is 2.65. The fraction of sp³-hybridized carbons (Fsp3) is 1.00. The molecule has 2 heteroatoms. The van der Waals surface area contributed by atoms with E-state index in [1.807, 2.05) is 0 Å². The molecule has 0 aromatic rings. The van der Waals surface area contributed by atoms with Crippen LogP contribution in [0.5, 0.6) is 0 Å². The molecule has 15 heavy (non-hydrogen) atoms. The number of hydrogen-bond acceptors (Lipinski definition) is 2. The van der Waals surface area contributed by atoms with Crippen LogP contribution in [0.3, 0.4) is 0 Å². The Morgan fingerprint density at radius 1 is 1.00 bits per heavy atom. The molecule has 1 unspecified atom stereocenters. The molecule has 1 aliphatic heterocycles. The predicted octanol–water partition coefficient (Wildman–Crippen LogP) is 2.45. The van der Waals surface area contributed by atoms with Gasteiger partial charge in [-0.1, -0.05) is 27.2 Å². The molecule has 0 aliphatic carbocycles. The average Bonchev–Trinajstić information content (AvgIpc) is 2.18. The van der Waals surface area contributed by atoms with Crippen LogP contribution >= 0.6 is 0 Å². The summed E-state index contributed by atoms with van der Waals surface area (Å²) in [5.74, 6) is 0.810. The minimum absolute atomic E-state index is 0.788. The van der Waals surface area contributed by atoms with E-state index in [1.54, 1.807) is 0 Å². The van der Waals surface area contributed by atoms with Gasteiger partial charge in [0.05, 0.1) is 0 Å². The molecular weight excluding hydrogens is 184 g/mol. The highest BCUT2D eigenvalue weighted by Crippen LogP contribution is 2.11. The molecule has 0 bridgehead atoms. The second kappa shape index (κ2) is 6.49. The maximum absolute atomic E-state index is 2.65. The van der Waals surface area contributed by atoms with Crippen molar-refractivity contribution in [2.24, 2.45) is 5.92 Å². The standard InChI is InChI=1S/C13H28N2/c1-5-6-13(4)15-9-7-14(8-10-15)11-12(2)3/h12-13H,5-11H2,1-4H3. The molecule has 90 valence electrons. The van der Waals surface area contributed by atoms with Gasteiger partial charge < -0.3 is 4.90 Å². The van der Waals surface area contributed by atoms with Crippen LogP contribution in [0.25, 0.3) is 0 Å². The van der Waals surface area contributed by atoms with Crippen molar-refractivity contribution in [2.75, 3.05) is 32.7 Å². The summed E-state index contributed by atoms with van der Waals surface area (Å²) < 4.78 is 0. The molecule has 0 radical (unpaired) electrons. The Hall–Kier alpha value is -0.0800. The molecule has 0 amide bonds. The van der Waals surface area contributed by atoms with Crippen LogP contribution in [0, 0.1) is 5.92 Å². The first-order valence-electron chi connectivity index (χ1n) is 6.59. The topological polar surface area (TPSA) is 6.48 Å². The molecule has 2 nitrogen and oxygen atoms in total. The van der Waals surface area contributed by atoms with E-state index in [4.69, 9.17) is 0 Å².